The first-order valence-electron chi connectivity index (χ1n) is 5.81. The van der Waals surface area contributed by atoms with Crippen molar-refractivity contribution in [2.75, 3.05) is 10.7 Å². The molecule has 0 radical (unpaired) electrons. The van der Waals surface area contributed by atoms with Crippen LogP contribution in [0.3, 0.4) is 0 Å². The van der Waals surface area contributed by atoms with Crippen LogP contribution in [-0.2, 0) is 0 Å². The number of nitrogens with one attached hydrogen (secondary N) is 1. The van der Waals surface area contributed by atoms with E-state index in [1.165, 1.54) is 0 Å². The van der Waals surface area contributed by atoms with Crippen LogP contribution in [0, 0.1) is 28.1 Å². The first-order chi connectivity index (χ1) is 8.64. The molecular formula is C13H15Br2N3. The lowest BCUT2D eigenvalue weighted by Crippen LogP contribution is -2.36. The van der Waals surface area contributed by atoms with Gasteiger partial charge in [0.05, 0.1) is 23.3 Å². The molecule has 0 amide bonds. The summed E-state index contributed by atoms with van der Waals surface area (Å²) in [5, 5.41) is 23.3. The van der Waals surface area contributed by atoms with Gasteiger partial charge < -0.3 is 5.32 Å². The van der Waals surface area contributed by atoms with Gasteiger partial charge in [-0.3, -0.25) is 0 Å². The number of dihydropyridines is 1. The molecule has 1 N–H and O–H groups in total. The lowest BCUT2D eigenvalue weighted by molar-refractivity contribution is 0.400. The summed E-state index contributed by atoms with van der Waals surface area (Å²) in [6, 6.07) is 4.59. The van der Waals surface area contributed by atoms with E-state index >= 15 is 0 Å². The van der Waals surface area contributed by atoms with E-state index < -0.39 is 5.41 Å². The van der Waals surface area contributed by atoms with Gasteiger partial charge >= 0.3 is 0 Å². The van der Waals surface area contributed by atoms with Gasteiger partial charge in [0.1, 0.15) is 0 Å². The van der Waals surface area contributed by atoms with E-state index in [9.17, 15) is 10.5 Å². The van der Waals surface area contributed by atoms with Crippen molar-refractivity contribution in [2.24, 2.45) is 5.41 Å². The molecule has 0 saturated carbocycles. The SMILES string of the molecule is CCC1(CC)C(C#N)=C(CBr)NC(CBr)=C1C#N. The summed E-state index contributed by atoms with van der Waals surface area (Å²) in [6.45, 7) is 4.06. The summed E-state index contributed by atoms with van der Waals surface area (Å²) in [6.07, 6.45) is 1.51. The molecular weight excluding hydrogens is 358 g/mol. The van der Waals surface area contributed by atoms with Gasteiger partial charge in [-0.2, -0.15) is 10.5 Å². The third-order valence-electron chi connectivity index (χ3n) is 3.56. The Bertz CT molecular complexity index is 433. The van der Waals surface area contributed by atoms with Crippen LogP contribution in [0.15, 0.2) is 22.5 Å². The van der Waals surface area contributed by atoms with Crippen LogP contribution in [0.5, 0.6) is 0 Å². The normalized spacial score (nSPS) is 18.1. The molecule has 1 aliphatic rings. The summed E-state index contributed by atoms with van der Waals surface area (Å²) in [4.78, 5) is 0. The van der Waals surface area contributed by atoms with Crippen LogP contribution in [0.25, 0.3) is 0 Å². The van der Waals surface area contributed by atoms with E-state index in [1.807, 2.05) is 13.8 Å². The maximum absolute atomic E-state index is 9.45. The standard InChI is InChI=1S/C13H15Br2N3/c1-3-13(4-2)9(7-16)11(5-14)18-12(6-15)10(13)8-17/h18H,3-6H2,1-2H3. The van der Waals surface area contributed by atoms with Crippen LogP contribution in [-0.4, -0.2) is 10.7 Å². The smallest absolute Gasteiger partial charge is 0.0975 e. The second-order valence-corrected chi connectivity index (χ2v) is 5.23. The minimum atomic E-state index is -0.443. The largest absolute Gasteiger partial charge is 0.359 e. The predicted octanol–water partition coefficient (Wildman–Crippen LogP) is 3.74. The topological polar surface area (TPSA) is 59.6 Å². The molecule has 0 unspecified atom stereocenters. The molecule has 1 rings (SSSR count). The minimum Gasteiger partial charge on any atom is -0.359 e. The molecule has 0 bridgehead atoms. The molecule has 0 aromatic heterocycles. The summed E-state index contributed by atoms with van der Waals surface area (Å²) in [7, 11) is 0. The Balaban J connectivity index is 3.56. The van der Waals surface area contributed by atoms with Gasteiger partial charge in [0, 0.05) is 27.5 Å². The Kier molecular flexibility index (Phi) is 5.44. The maximum atomic E-state index is 9.45. The lowest BCUT2D eigenvalue weighted by Gasteiger charge is -2.37. The van der Waals surface area contributed by atoms with E-state index in [4.69, 9.17) is 0 Å². The van der Waals surface area contributed by atoms with Crippen molar-refractivity contribution in [3.05, 3.63) is 22.5 Å². The molecule has 1 aliphatic heterocycles. The molecule has 96 valence electrons. The molecule has 0 aliphatic carbocycles. The van der Waals surface area contributed by atoms with Crippen molar-refractivity contribution in [1.82, 2.24) is 5.32 Å². The summed E-state index contributed by atoms with van der Waals surface area (Å²) in [5.74, 6) is 0. The van der Waals surface area contributed by atoms with E-state index in [2.05, 4.69) is 49.3 Å². The molecule has 5 heteroatoms. The van der Waals surface area contributed by atoms with E-state index in [0.717, 1.165) is 24.2 Å². The number of nitrogens with zero attached hydrogens (tertiary/aromatic N) is 2. The Labute approximate surface area is 125 Å². The number of halogens is 2. The first kappa shape index (κ1) is 15.3. The third kappa shape index (κ3) is 2.22. The van der Waals surface area contributed by atoms with Crippen LogP contribution in [0.2, 0.25) is 0 Å². The summed E-state index contributed by atoms with van der Waals surface area (Å²) >= 11 is 6.82. The number of rotatable bonds is 4. The molecule has 1 heterocycles. The molecule has 0 spiro atoms. The number of alkyl halides is 2. The van der Waals surface area contributed by atoms with Crippen molar-refractivity contribution < 1.29 is 0 Å². The van der Waals surface area contributed by atoms with Crippen molar-refractivity contribution in [2.45, 2.75) is 26.7 Å². The number of nitriles is 2. The van der Waals surface area contributed by atoms with Gasteiger partial charge in [0.2, 0.25) is 0 Å². The molecule has 0 saturated heterocycles. The fourth-order valence-corrected chi connectivity index (χ4v) is 3.36. The van der Waals surface area contributed by atoms with Crippen LogP contribution >= 0.6 is 31.9 Å². The average Bonchev–Trinajstić information content (AvgIpc) is 2.44. The zero-order valence-electron chi connectivity index (χ0n) is 10.5. The minimum absolute atomic E-state index is 0.443. The van der Waals surface area contributed by atoms with Crippen LogP contribution in [0.1, 0.15) is 26.7 Å². The molecule has 0 aromatic carbocycles. The van der Waals surface area contributed by atoms with Gasteiger partial charge in [-0.1, -0.05) is 45.7 Å². The van der Waals surface area contributed by atoms with Gasteiger partial charge in [-0.25, -0.2) is 0 Å². The highest BCUT2D eigenvalue weighted by atomic mass is 79.9. The van der Waals surface area contributed by atoms with Gasteiger partial charge in [-0.05, 0) is 12.8 Å². The number of hydrogen-bond acceptors (Lipinski definition) is 3. The van der Waals surface area contributed by atoms with Gasteiger partial charge in [0.25, 0.3) is 0 Å². The Morgan fingerprint density at radius 3 is 1.61 bits per heavy atom. The highest BCUT2D eigenvalue weighted by Crippen LogP contribution is 2.46. The first-order valence-corrected chi connectivity index (χ1v) is 8.05. The molecule has 18 heavy (non-hydrogen) atoms. The Morgan fingerprint density at radius 2 is 1.39 bits per heavy atom. The average molecular weight is 373 g/mol. The monoisotopic (exact) mass is 371 g/mol. The van der Waals surface area contributed by atoms with E-state index in [1.54, 1.807) is 0 Å². The Hall–Kier alpha value is -0.780. The summed E-state index contributed by atoms with van der Waals surface area (Å²) in [5.41, 5.74) is 2.67. The Morgan fingerprint density at radius 1 is 1.00 bits per heavy atom. The van der Waals surface area contributed by atoms with Gasteiger partial charge in [0.15, 0.2) is 0 Å². The van der Waals surface area contributed by atoms with Crippen molar-refractivity contribution in [3.63, 3.8) is 0 Å². The van der Waals surface area contributed by atoms with Crippen molar-refractivity contribution in [3.8, 4) is 12.1 Å². The second-order valence-electron chi connectivity index (χ2n) is 4.11. The number of hydrogen-bond donors (Lipinski definition) is 1. The van der Waals surface area contributed by atoms with Crippen molar-refractivity contribution >= 4 is 31.9 Å². The molecule has 0 aromatic rings. The van der Waals surface area contributed by atoms with Crippen LogP contribution < -0.4 is 5.32 Å². The lowest BCUT2D eigenvalue weighted by atomic mass is 9.67. The zero-order chi connectivity index (χ0) is 13.8. The zero-order valence-corrected chi connectivity index (χ0v) is 13.7. The summed E-state index contributed by atoms with van der Waals surface area (Å²) < 4.78 is 0. The highest BCUT2D eigenvalue weighted by Gasteiger charge is 2.41. The fraction of sp³-hybridized carbons (Fsp3) is 0.538. The second kappa shape index (κ2) is 6.41. The quantitative estimate of drug-likeness (QED) is 0.764. The van der Waals surface area contributed by atoms with E-state index in [-0.39, 0.29) is 0 Å². The molecule has 0 atom stereocenters. The predicted molar refractivity (Wildman–Crippen MR) is 79.0 cm³/mol. The number of allylic oxidation sites excluding steroid dienone is 4. The maximum Gasteiger partial charge on any atom is 0.0975 e. The van der Waals surface area contributed by atoms with Crippen LogP contribution in [0.4, 0.5) is 0 Å². The molecule has 3 nitrogen and oxygen atoms in total. The molecule has 0 fully saturated rings. The van der Waals surface area contributed by atoms with Crippen molar-refractivity contribution in [1.29, 1.82) is 10.5 Å². The fourth-order valence-electron chi connectivity index (χ4n) is 2.52. The van der Waals surface area contributed by atoms with Gasteiger partial charge in [-0.15, -0.1) is 0 Å². The van der Waals surface area contributed by atoms with E-state index in [0.29, 0.717) is 21.8 Å². The third-order valence-corrected chi connectivity index (χ3v) is 4.68. The highest BCUT2D eigenvalue weighted by molar-refractivity contribution is 9.09.